The summed E-state index contributed by atoms with van der Waals surface area (Å²) in [5.74, 6) is 0.638. The fourth-order valence-corrected chi connectivity index (χ4v) is 1.97. The van der Waals surface area contributed by atoms with E-state index in [-0.39, 0.29) is 17.5 Å². The van der Waals surface area contributed by atoms with Crippen LogP contribution in [-0.4, -0.2) is 23.8 Å². The molecule has 15 heavy (non-hydrogen) atoms. The number of hydrogen-bond donors (Lipinski definition) is 1. The predicted octanol–water partition coefficient (Wildman–Crippen LogP) is 3.65. The Morgan fingerprint density at radius 2 is 1.87 bits per heavy atom. The smallest absolute Gasteiger partial charge is 0.314 e. The summed E-state index contributed by atoms with van der Waals surface area (Å²) in [6.45, 7) is 7.06. The molecule has 0 aliphatic rings. The van der Waals surface area contributed by atoms with Crippen molar-refractivity contribution in [3.05, 3.63) is 0 Å². The highest BCUT2D eigenvalue weighted by atomic mass is 32.2. The van der Waals surface area contributed by atoms with E-state index in [0.717, 1.165) is 13.0 Å². The van der Waals surface area contributed by atoms with E-state index in [1.807, 2.05) is 6.92 Å². The van der Waals surface area contributed by atoms with Crippen LogP contribution in [0.5, 0.6) is 0 Å². The zero-order valence-electron chi connectivity index (χ0n) is 9.53. The van der Waals surface area contributed by atoms with Crippen molar-refractivity contribution < 1.29 is 13.2 Å². The van der Waals surface area contributed by atoms with Gasteiger partial charge < -0.3 is 5.32 Å². The molecule has 0 saturated heterocycles. The summed E-state index contributed by atoms with van der Waals surface area (Å²) in [5, 5.41) is 3.29. The normalized spacial score (nSPS) is 14.6. The molecule has 1 unspecified atom stereocenters. The maximum Gasteiger partial charge on any atom is 0.441 e. The van der Waals surface area contributed by atoms with Gasteiger partial charge in [0.1, 0.15) is 0 Å². The predicted molar refractivity (Wildman–Crippen MR) is 60.0 cm³/mol. The molecule has 0 saturated carbocycles. The van der Waals surface area contributed by atoms with Crippen LogP contribution in [-0.2, 0) is 0 Å². The monoisotopic (exact) mass is 243 g/mol. The van der Waals surface area contributed by atoms with Crippen LogP contribution in [0.2, 0.25) is 0 Å². The number of thioether (sulfide) groups is 1. The summed E-state index contributed by atoms with van der Waals surface area (Å²) < 4.78 is 35.5. The van der Waals surface area contributed by atoms with Gasteiger partial charge in [0.15, 0.2) is 0 Å². The molecule has 0 aromatic heterocycles. The Hall–Kier alpha value is 0.100. The van der Waals surface area contributed by atoms with E-state index in [0.29, 0.717) is 18.4 Å². The van der Waals surface area contributed by atoms with Gasteiger partial charge in [0.2, 0.25) is 0 Å². The molecule has 1 atom stereocenters. The first-order valence-corrected chi connectivity index (χ1v) is 6.29. The molecule has 0 aliphatic carbocycles. The summed E-state index contributed by atoms with van der Waals surface area (Å²) in [6.07, 6.45) is 1.43. The molecule has 0 heterocycles. The molecule has 0 rings (SSSR count). The van der Waals surface area contributed by atoms with Crippen molar-refractivity contribution in [2.45, 2.75) is 45.2 Å². The molecule has 0 aliphatic heterocycles. The van der Waals surface area contributed by atoms with Crippen LogP contribution in [0.1, 0.15) is 33.6 Å². The zero-order valence-corrected chi connectivity index (χ0v) is 10.3. The average Bonchev–Trinajstić information content (AvgIpc) is 2.08. The molecule has 1 N–H and O–H groups in total. The van der Waals surface area contributed by atoms with E-state index in [1.165, 1.54) is 0 Å². The quantitative estimate of drug-likeness (QED) is 0.685. The largest absolute Gasteiger partial charge is 0.441 e. The summed E-state index contributed by atoms with van der Waals surface area (Å²) in [5.41, 5.74) is -4.08. The number of rotatable bonds is 7. The van der Waals surface area contributed by atoms with Gasteiger partial charge in [-0.1, -0.05) is 32.5 Å². The molecular weight excluding hydrogens is 223 g/mol. The summed E-state index contributed by atoms with van der Waals surface area (Å²) in [6, 6.07) is 0.337. The highest BCUT2D eigenvalue weighted by molar-refractivity contribution is 8.00. The maximum atomic E-state index is 11.8. The van der Waals surface area contributed by atoms with Gasteiger partial charge in [0.05, 0.1) is 0 Å². The fraction of sp³-hybridized carbons (Fsp3) is 1.00. The van der Waals surface area contributed by atoms with Crippen molar-refractivity contribution in [3.8, 4) is 0 Å². The van der Waals surface area contributed by atoms with Crippen LogP contribution in [0.25, 0.3) is 0 Å². The summed E-state index contributed by atoms with van der Waals surface area (Å²) in [4.78, 5) is 0. The molecule has 0 aromatic carbocycles. The lowest BCUT2D eigenvalue weighted by Crippen LogP contribution is -2.33. The molecule has 1 nitrogen and oxygen atoms in total. The van der Waals surface area contributed by atoms with Crippen molar-refractivity contribution in [1.29, 1.82) is 0 Å². The molecule has 92 valence electrons. The fourth-order valence-electron chi connectivity index (χ4n) is 1.42. The van der Waals surface area contributed by atoms with Crippen LogP contribution in [0.15, 0.2) is 0 Å². The molecule has 0 fully saturated rings. The lowest BCUT2D eigenvalue weighted by molar-refractivity contribution is -0.0328. The maximum absolute atomic E-state index is 11.8. The molecule has 0 radical (unpaired) electrons. The molecular formula is C10H20F3NS. The Bertz CT molecular complexity index is 159. The van der Waals surface area contributed by atoms with Crippen LogP contribution in [0, 0.1) is 5.92 Å². The van der Waals surface area contributed by atoms with Crippen molar-refractivity contribution in [2.75, 3.05) is 12.3 Å². The molecule has 0 spiro atoms. The van der Waals surface area contributed by atoms with Crippen LogP contribution < -0.4 is 5.32 Å². The second-order valence-corrected chi connectivity index (χ2v) is 5.00. The standard InChI is InChI=1S/C10H20F3NS/c1-4-14-9(8(2)3)6-5-7-15-10(11,12)13/h8-9,14H,4-7H2,1-3H3. The van der Waals surface area contributed by atoms with E-state index in [9.17, 15) is 13.2 Å². The third kappa shape index (κ3) is 9.05. The number of nitrogens with one attached hydrogen (secondary N) is 1. The molecule has 0 amide bonds. The van der Waals surface area contributed by atoms with Crippen LogP contribution in [0.3, 0.4) is 0 Å². The van der Waals surface area contributed by atoms with Gasteiger partial charge in [-0.15, -0.1) is 0 Å². The molecule has 0 aromatic rings. The van der Waals surface area contributed by atoms with Gasteiger partial charge >= 0.3 is 5.51 Å². The topological polar surface area (TPSA) is 12.0 Å². The first-order valence-electron chi connectivity index (χ1n) is 5.31. The van der Waals surface area contributed by atoms with Gasteiger partial charge in [-0.05, 0) is 25.3 Å². The summed E-state index contributed by atoms with van der Waals surface area (Å²) in [7, 11) is 0. The van der Waals surface area contributed by atoms with Gasteiger partial charge in [-0.3, -0.25) is 0 Å². The number of halogens is 3. The molecule has 0 bridgehead atoms. The first kappa shape index (κ1) is 15.1. The molecule has 5 heteroatoms. The highest BCUT2D eigenvalue weighted by Gasteiger charge is 2.27. The average molecular weight is 243 g/mol. The first-order chi connectivity index (χ1) is 6.87. The van der Waals surface area contributed by atoms with E-state index in [4.69, 9.17) is 0 Å². The SMILES string of the molecule is CCNC(CCCSC(F)(F)F)C(C)C. The van der Waals surface area contributed by atoms with Gasteiger partial charge in [-0.25, -0.2) is 0 Å². The Balaban J connectivity index is 3.62. The second-order valence-electron chi connectivity index (χ2n) is 3.84. The third-order valence-corrected chi connectivity index (χ3v) is 3.02. The van der Waals surface area contributed by atoms with Gasteiger partial charge in [-0.2, -0.15) is 13.2 Å². The van der Waals surface area contributed by atoms with Crippen molar-refractivity contribution in [3.63, 3.8) is 0 Å². The lowest BCUT2D eigenvalue weighted by Gasteiger charge is -2.21. The van der Waals surface area contributed by atoms with Crippen molar-refractivity contribution in [1.82, 2.24) is 5.32 Å². The Morgan fingerprint density at radius 1 is 1.27 bits per heavy atom. The van der Waals surface area contributed by atoms with E-state index in [1.54, 1.807) is 0 Å². The van der Waals surface area contributed by atoms with Crippen molar-refractivity contribution >= 4 is 11.8 Å². The van der Waals surface area contributed by atoms with E-state index < -0.39 is 5.51 Å². The van der Waals surface area contributed by atoms with Crippen LogP contribution >= 0.6 is 11.8 Å². The van der Waals surface area contributed by atoms with Crippen molar-refractivity contribution in [2.24, 2.45) is 5.92 Å². The lowest BCUT2D eigenvalue weighted by atomic mass is 10.00. The van der Waals surface area contributed by atoms with Gasteiger partial charge in [0, 0.05) is 11.8 Å². The minimum atomic E-state index is -4.08. The Kier molecular flexibility index (Phi) is 7.44. The minimum Gasteiger partial charge on any atom is -0.314 e. The Labute approximate surface area is 94.2 Å². The van der Waals surface area contributed by atoms with E-state index in [2.05, 4.69) is 19.2 Å². The van der Waals surface area contributed by atoms with E-state index >= 15 is 0 Å². The number of hydrogen-bond acceptors (Lipinski definition) is 2. The second kappa shape index (κ2) is 7.39. The highest BCUT2D eigenvalue weighted by Crippen LogP contribution is 2.30. The third-order valence-electron chi connectivity index (χ3n) is 2.20. The Morgan fingerprint density at radius 3 is 2.27 bits per heavy atom. The van der Waals surface area contributed by atoms with Gasteiger partial charge in [0.25, 0.3) is 0 Å². The summed E-state index contributed by atoms with van der Waals surface area (Å²) >= 11 is 0.0776. The van der Waals surface area contributed by atoms with Crippen LogP contribution in [0.4, 0.5) is 13.2 Å². The number of alkyl halides is 3. The zero-order chi connectivity index (χ0) is 11.9. The minimum absolute atomic E-state index is 0.0776.